The SMILES string of the molecule is CCOC(=O)Cc1ccccc1C(=O)c1ccc(F)cc1. The number of ether oxygens (including phenoxy) is 1. The summed E-state index contributed by atoms with van der Waals surface area (Å²) < 4.78 is 17.8. The number of rotatable bonds is 5. The Bertz CT molecular complexity index is 647. The average Bonchev–Trinajstić information content (AvgIpc) is 2.48. The molecule has 2 aromatic carbocycles. The van der Waals surface area contributed by atoms with Crippen LogP contribution in [0.5, 0.6) is 0 Å². The molecule has 0 aliphatic heterocycles. The van der Waals surface area contributed by atoms with Gasteiger partial charge in [-0.05, 0) is 36.8 Å². The first-order chi connectivity index (χ1) is 10.1. The number of halogens is 1. The molecule has 2 rings (SSSR count). The number of esters is 1. The van der Waals surface area contributed by atoms with Gasteiger partial charge in [-0.25, -0.2) is 4.39 Å². The molecule has 21 heavy (non-hydrogen) atoms. The zero-order valence-corrected chi connectivity index (χ0v) is 11.6. The van der Waals surface area contributed by atoms with E-state index in [1.807, 2.05) is 0 Å². The summed E-state index contributed by atoms with van der Waals surface area (Å²) in [5.74, 6) is -1.02. The maximum absolute atomic E-state index is 12.9. The van der Waals surface area contributed by atoms with Gasteiger partial charge in [0.25, 0.3) is 0 Å². The molecule has 0 radical (unpaired) electrons. The van der Waals surface area contributed by atoms with Crippen molar-refractivity contribution in [3.8, 4) is 0 Å². The van der Waals surface area contributed by atoms with E-state index >= 15 is 0 Å². The predicted molar refractivity (Wildman–Crippen MR) is 76.6 cm³/mol. The molecular weight excluding hydrogens is 271 g/mol. The second-order valence-electron chi connectivity index (χ2n) is 4.47. The predicted octanol–water partition coefficient (Wildman–Crippen LogP) is 3.16. The molecule has 0 fully saturated rings. The standard InChI is InChI=1S/C17H15FO3/c1-2-21-16(19)11-13-5-3-4-6-15(13)17(20)12-7-9-14(18)10-8-12/h3-10H,2,11H2,1H3. The molecule has 0 heterocycles. The van der Waals surface area contributed by atoms with E-state index in [-0.39, 0.29) is 18.2 Å². The molecule has 0 unspecified atom stereocenters. The fraction of sp³-hybridized carbons (Fsp3) is 0.176. The quantitative estimate of drug-likeness (QED) is 0.626. The van der Waals surface area contributed by atoms with Crippen molar-refractivity contribution in [1.29, 1.82) is 0 Å². The zero-order chi connectivity index (χ0) is 15.2. The fourth-order valence-electron chi connectivity index (χ4n) is 2.02. The highest BCUT2D eigenvalue weighted by Gasteiger charge is 2.15. The van der Waals surface area contributed by atoms with Crippen LogP contribution in [0.1, 0.15) is 28.4 Å². The van der Waals surface area contributed by atoms with E-state index in [1.165, 1.54) is 24.3 Å². The average molecular weight is 286 g/mol. The van der Waals surface area contributed by atoms with Gasteiger partial charge in [0.1, 0.15) is 5.82 Å². The van der Waals surface area contributed by atoms with Crippen LogP contribution in [-0.2, 0) is 16.0 Å². The smallest absolute Gasteiger partial charge is 0.310 e. The van der Waals surface area contributed by atoms with E-state index in [4.69, 9.17) is 4.74 Å². The minimum Gasteiger partial charge on any atom is -0.466 e. The van der Waals surface area contributed by atoms with Gasteiger partial charge in [0.05, 0.1) is 13.0 Å². The molecule has 0 amide bonds. The van der Waals surface area contributed by atoms with Crippen molar-refractivity contribution in [2.24, 2.45) is 0 Å². The summed E-state index contributed by atoms with van der Waals surface area (Å²) in [6, 6.07) is 12.2. The van der Waals surface area contributed by atoms with Gasteiger partial charge in [0.2, 0.25) is 0 Å². The first-order valence-corrected chi connectivity index (χ1v) is 6.65. The van der Waals surface area contributed by atoms with E-state index in [1.54, 1.807) is 31.2 Å². The summed E-state index contributed by atoms with van der Waals surface area (Å²) in [7, 11) is 0. The van der Waals surface area contributed by atoms with E-state index < -0.39 is 5.82 Å². The van der Waals surface area contributed by atoms with Crippen LogP contribution in [0, 0.1) is 5.82 Å². The lowest BCUT2D eigenvalue weighted by Gasteiger charge is -2.08. The molecule has 0 aromatic heterocycles. The summed E-state index contributed by atoms with van der Waals surface area (Å²) in [4.78, 5) is 24.0. The molecule has 0 N–H and O–H groups in total. The van der Waals surface area contributed by atoms with Crippen LogP contribution in [0.15, 0.2) is 48.5 Å². The fourth-order valence-corrected chi connectivity index (χ4v) is 2.02. The monoisotopic (exact) mass is 286 g/mol. The zero-order valence-electron chi connectivity index (χ0n) is 11.6. The van der Waals surface area contributed by atoms with Gasteiger partial charge in [0, 0.05) is 11.1 Å². The van der Waals surface area contributed by atoms with Crippen LogP contribution in [0.3, 0.4) is 0 Å². The Morgan fingerprint density at radius 1 is 1.05 bits per heavy atom. The Hall–Kier alpha value is -2.49. The van der Waals surface area contributed by atoms with Gasteiger partial charge in [-0.1, -0.05) is 24.3 Å². The lowest BCUT2D eigenvalue weighted by Crippen LogP contribution is -2.12. The summed E-state index contributed by atoms with van der Waals surface area (Å²) in [6.45, 7) is 2.03. The number of ketones is 1. The number of carbonyl (C=O) groups is 2. The Balaban J connectivity index is 2.29. The first kappa shape index (κ1) is 14.9. The highest BCUT2D eigenvalue weighted by Crippen LogP contribution is 2.16. The largest absolute Gasteiger partial charge is 0.466 e. The molecule has 3 nitrogen and oxygen atoms in total. The third-order valence-corrected chi connectivity index (χ3v) is 3.01. The molecular formula is C17H15FO3. The molecule has 0 aliphatic rings. The molecule has 4 heteroatoms. The first-order valence-electron chi connectivity index (χ1n) is 6.65. The number of hydrogen-bond acceptors (Lipinski definition) is 3. The minimum absolute atomic E-state index is 0.0386. The third-order valence-electron chi connectivity index (χ3n) is 3.01. The highest BCUT2D eigenvalue weighted by molar-refractivity contribution is 6.10. The van der Waals surface area contributed by atoms with Crippen molar-refractivity contribution in [2.75, 3.05) is 6.61 Å². The van der Waals surface area contributed by atoms with Gasteiger partial charge in [-0.3, -0.25) is 9.59 Å². The summed E-state index contributed by atoms with van der Waals surface area (Å²) in [6.07, 6.45) is 0.0386. The van der Waals surface area contributed by atoms with Gasteiger partial charge < -0.3 is 4.74 Å². The van der Waals surface area contributed by atoms with E-state index in [0.29, 0.717) is 23.3 Å². The lowest BCUT2D eigenvalue weighted by atomic mass is 9.97. The Morgan fingerprint density at radius 2 is 1.71 bits per heavy atom. The Kier molecular flexibility index (Phi) is 4.82. The van der Waals surface area contributed by atoms with Crippen LogP contribution in [0.2, 0.25) is 0 Å². The van der Waals surface area contributed by atoms with Crippen LogP contribution < -0.4 is 0 Å². The number of carbonyl (C=O) groups excluding carboxylic acids is 2. The van der Waals surface area contributed by atoms with Gasteiger partial charge >= 0.3 is 5.97 Å². The molecule has 0 saturated carbocycles. The second-order valence-corrected chi connectivity index (χ2v) is 4.47. The maximum atomic E-state index is 12.9. The molecule has 0 bridgehead atoms. The summed E-state index contributed by atoms with van der Waals surface area (Å²) in [5.41, 5.74) is 1.41. The van der Waals surface area contributed by atoms with Crippen molar-refractivity contribution < 1.29 is 18.7 Å². The second kappa shape index (κ2) is 6.79. The van der Waals surface area contributed by atoms with Gasteiger partial charge in [-0.2, -0.15) is 0 Å². The lowest BCUT2D eigenvalue weighted by molar-refractivity contribution is -0.142. The number of hydrogen-bond donors (Lipinski definition) is 0. The van der Waals surface area contributed by atoms with Crippen molar-refractivity contribution in [1.82, 2.24) is 0 Å². The van der Waals surface area contributed by atoms with E-state index in [2.05, 4.69) is 0 Å². The highest BCUT2D eigenvalue weighted by atomic mass is 19.1. The minimum atomic E-state index is -0.397. The normalized spacial score (nSPS) is 10.2. The van der Waals surface area contributed by atoms with Gasteiger partial charge in [0.15, 0.2) is 5.78 Å². The van der Waals surface area contributed by atoms with Crippen LogP contribution in [-0.4, -0.2) is 18.4 Å². The topological polar surface area (TPSA) is 43.4 Å². The van der Waals surface area contributed by atoms with Crippen LogP contribution >= 0.6 is 0 Å². The van der Waals surface area contributed by atoms with Gasteiger partial charge in [-0.15, -0.1) is 0 Å². The molecule has 2 aromatic rings. The Labute approximate surface area is 122 Å². The molecule has 0 saturated heterocycles. The van der Waals surface area contributed by atoms with Crippen molar-refractivity contribution in [3.05, 3.63) is 71.0 Å². The molecule has 0 spiro atoms. The summed E-state index contributed by atoms with van der Waals surface area (Å²) >= 11 is 0. The van der Waals surface area contributed by atoms with E-state index in [9.17, 15) is 14.0 Å². The molecule has 0 aliphatic carbocycles. The van der Waals surface area contributed by atoms with Crippen molar-refractivity contribution >= 4 is 11.8 Å². The summed E-state index contributed by atoms with van der Waals surface area (Å²) in [5, 5.41) is 0. The van der Waals surface area contributed by atoms with Crippen LogP contribution in [0.4, 0.5) is 4.39 Å². The molecule has 0 atom stereocenters. The maximum Gasteiger partial charge on any atom is 0.310 e. The Morgan fingerprint density at radius 3 is 2.38 bits per heavy atom. The van der Waals surface area contributed by atoms with Crippen LogP contribution in [0.25, 0.3) is 0 Å². The molecule has 108 valence electrons. The number of benzene rings is 2. The third kappa shape index (κ3) is 3.75. The van der Waals surface area contributed by atoms with Crippen molar-refractivity contribution in [2.45, 2.75) is 13.3 Å². The van der Waals surface area contributed by atoms with E-state index in [0.717, 1.165) is 0 Å². The van der Waals surface area contributed by atoms with Crippen molar-refractivity contribution in [3.63, 3.8) is 0 Å².